The molecular weight excluding hydrogens is 362 g/mol. The second-order valence-electron chi connectivity index (χ2n) is 4.84. The first-order chi connectivity index (χ1) is 11.7. The normalized spacial score (nSPS) is 9.88. The number of hydrogen-bond acceptors (Lipinski definition) is 7. The lowest BCUT2D eigenvalue weighted by atomic mass is 10.2. The van der Waals surface area contributed by atoms with Crippen molar-refractivity contribution in [2.75, 3.05) is 24.8 Å². The molecule has 8 heteroatoms. The van der Waals surface area contributed by atoms with E-state index in [9.17, 15) is 4.79 Å². The number of anilines is 2. The average molecular weight is 383 g/mol. The summed E-state index contributed by atoms with van der Waals surface area (Å²) in [6, 6.07) is 7.50. The van der Waals surface area contributed by atoms with Gasteiger partial charge in [0.05, 0.1) is 13.2 Å². The molecule has 1 aromatic heterocycles. The largest absolute Gasteiger partial charge is 1.00 e. The van der Waals surface area contributed by atoms with Gasteiger partial charge in [0.15, 0.2) is 5.16 Å². The molecule has 136 valence electrons. The fraction of sp³-hybridized carbons (Fsp3) is 0.353. The maximum Gasteiger partial charge on any atom is 0.343 e. The van der Waals surface area contributed by atoms with Crippen molar-refractivity contribution in [2.24, 2.45) is 0 Å². The number of nitrogens with one attached hydrogen (secondary N) is 1. The Morgan fingerprint density at radius 2 is 1.96 bits per heavy atom. The van der Waals surface area contributed by atoms with E-state index < -0.39 is 5.97 Å². The van der Waals surface area contributed by atoms with Crippen molar-refractivity contribution in [3.8, 4) is 5.75 Å². The molecule has 1 N–H and O–H groups in total. The van der Waals surface area contributed by atoms with Crippen molar-refractivity contribution in [1.82, 2.24) is 9.97 Å². The van der Waals surface area contributed by atoms with Gasteiger partial charge in [0.1, 0.15) is 17.1 Å². The van der Waals surface area contributed by atoms with Gasteiger partial charge in [-0.15, -0.1) is 0 Å². The van der Waals surface area contributed by atoms with Crippen molar-refractivity contribution in [3.63, 3.8) is 0 Å². The van der Waals surface area contributed by atoms with E-state index in [4.69, 9.17) is 9.47 Å². The van der Waals surface area contributed by atoms with Gasteiger partial charge >= 0.3 is 5.97 Å². The summed E-state index contributed by atoms with van der Waals surface area (Å²) in [6.45, 7) is 4.80. The first kappa shape index (κ1) is 21.1. The standard InChI is InChI=1S/C17H21N3O3S.ClH/c1-4-10-23-13-8-6-12(7-9-13)19-15-14(16(21)22-5-2)11-18-17(20-15)24-3;/h6-9,11H,4-5,10H2,1-3H3,(H,18,19,20);1H/p-1. The molecule has 0 aliphatic rings. The van der Waals surface area contributed by atoms with Gasteiger partial charge < -0.3 is 27.2 Å². The number of halogens is 1. The Balaban J connectivity index is 0.00000312. The zero-order chi connectivity index (χ0) is 17.4. The maximum atomic E-state index is 12.1. The minimum atomic E-state index is -0.449. The summed E-state index contributed by atoms with van der Waals surface area (Å²) in [7, 11) is 0. The van der Waals surface area contributed by atoms with Crippen LogP contribution < -0.4 is 22.5 Å². The molecule has 0 spiro atoms. The third-order valence-electron chi connectivity index (χ3n) is 3.03. The molecule has 1 heterocycles. The van der Waals surface area contributed by atoms with E-state index in [0.717, 1.165) is 17.9 Å². The number of ether oxygens (including phenoxy) is 2. The maximum absolute atomic E-state index is 12.1. The molecule has 0 amide bonds. The molecule has 0 aliphatic carbocycles. The van der Waals surface area contributed by atoms with Gasteiger partial charge in [-0.25, -0.2) is 14.8 Å². The molecule has 0 saturated heterocycles. The molecule has 0 bridgehead atoms. The highest BCUT2D eigenvalue weighted by atomic mass is 35.5. The number of benzene rings is 1. The zero-order valence-corrected chi connectivity index (χ0v) is 16.0. The van der Waals surface area contributed by atoms with Gasteiger partial charge in [0.2, 0.25) is 0 Å². The quantitative estimate of drug-likeness (QED) is 0.413. The van der Waals surface area contributed by atoms with Crippen LogP contribution in [0.3, 0.4) is 0 Å². The van der Waals surface area contributed by atoms with E-state index >= 15 is 0 Å². The molecule has 0 unspecified atom stereocenters. The van der Waals surface area contributed by atoms with Crippen molar-refractivity contribution in [2.45, 2.75) is 25.4 Å². The summed E-state index contributed by atoms with van der Waals surface area (Å²) >= 11 is 1.40. The van der Waals surface area contributed by atoms with Crippen LogP contribution in [0.1, 0.15) is 30.6 Å². The van der Waals surface area contributed by atoms with Gasteiger partial charge in [0.25, 0.3) is 0 Å². The molecule has 0 aliphatic heterocycles. The van der Waals surface area contributed by atoms with Crippen LogP contribution in [-0.4, -0.2) is 35.4 Å². The number of hydrogen-bond donors (Lipinski definition) is 1. The summed E-state index contributed by atoms with van der Waals surface area (Å²) in [5.74, 6) is 0.783. The summed E-state index contributed by atoms with van der Waals surface area (Å²) in [4.78, 5) is 20.6. The van der Waals surface area contributed by atoms with Gasteiger partial charge in [-0.2, -0.15) is 0 Å². The van der Waals surface area contributed by atoms with Crippen molar-refractivity contribution < 1.29 is 26.7 Å². The van der Waals surface area contributed by atoms with Crippen LogP contribution in [0.25, 0.3) is 0 Å². The third-order valence-corrected chi connectivity index (χ3v) is 3.60. The fourth-order valence-corrected chi connectivity index (χ4v) is 2.25. The lowest BCUT2D eigenvalue weighted by Crippen LogP contribution is -3.00. The van der Waals surface area contributed by atoms with Gasteiger partial charge in [0, 0.05) is 11.9 Å². The fourth-order valence-electron chi connectivity index (χ4n) is 1.91. The van der Waals surface area contributed by atoms with E-state index in [0.29, 0.717) is 29.8 Å². The SMILES string of the molecule is CCCOc1ccc(Nc2nc(SC)ncc2C(=O)OCC)cc1.[Cl-]. The third kappa shape index (κ3) is 6.10. The highest BCUT2D eigenvalue weighted by molar-refractivity contribution is 7.98. The Morgan fingerprint density at radius 1 is 1.24 bits per heavy atom. The predicted molar refractivity (Wildman–Crippen MR) is 95.3 cm³/mol. The summed E-state index contributed by atoms with van der Waals surface area (Å²) in [6.07, 6.45) is 4.32. The number of esters is 1. The molecular formula is C17H21ClN3O3S-. The van der Waals surface area contributed by atoms with Crippen molar-refractivity contribution >= 4 is 29.2 Å². The Labute approximate surface area is 158 Å². The lowest BCUT2D eigenvalue weighted by molar-refractivity contribution is -0.0000238. The monoisotopic (exact) mass is 382 g/mol. The second kappa shape index (κ2) is 10.8. The molecule has 0 fully saturated rings. The smallest absolute Gasteiger partial charge is 0.343 e. The van der Waals surface area contributed by atoms with Gasteiger partial charge in [-0.1, -0.05) is 18.7 Å². The molecule has 0 saturated carbocycles. The van der Waals surface area contributed by atoms with Crippen LogP contribution in [0.2, 0.25) is 0 Å². The molecule has 2 rings (SSSR count). The lowest BCUT2D eigenvalue weighted by Gasteiger charge is -2.12. The minimum absolute atomic E-state index is 0. The number of carbonyl (C=O) groups is 1. The molecule has 6 nitrogen and oxygen atoms in total. The summed E-state index contributed by atoms with van der Waals surface area (Å²) in [5, 5.41) is 3.73. The van der Waals surface area contributed by atoms with Crippen LogP contribution in [0.15, 0.2) is 35.6 Å². The molecule has 25 heavy (non-hydrogen) atoms. The number of aromatic nitrogens is 2. The second-order valence-corrected chi connectivity index (χ2v) is 5.61. The Hall–Kier alpha value is -1.99. The summed E-state index contributed by atoms with van der Waals surface area (Å²) < 4.78 is 10.6. The average Bonchev–Trinajstić information content (AvgIpc) is 2.61. The van der Waals surface area contributed by atoms with Gasteiger partial charge in [-0.05, 0) is 43.9 Å². The predicted octanol–water partition coefficient (Wildman–Crippen LogP) is 0.912. The van der Waals surface area contributed by atoms with E-state index in [1.807, 2.05) is 30.5 Å². The topological polar surface area (TPSA) is 73.3 Å². The first-order valence-electron chi connectivity index (χ1n) is 7.76. The minimum Gasteiger partial charge on any atom is -1.00 e. The number of thioether (sulfide) groups is 1. The van der Waals surface area contributed by atoms with E-state index in [2.05, 4.69) is 22.2 Å². The number of rotatable bonds is 8. The van der Waals surface area contributed by atoms with Crippen LogP contribution >= 0.6 is 11.8 Å². The molecule has 1 aromatic carbocycles. The van der Waals surface area contributed by atoms with E-state index in [1.165, 1.54) is 18.0 Å². The highest BCUT2D eigenvalue weighted by Crippen LogP contribution is 2.23. The van der Waals surface area contributed by atoms with Crippen LogP contribution in [-0.2, 0) is 4.74 Å². The van der Waals surface area contributed by atoms with Gasteiger partial charge in [-0.3, -0.25) is 0 Å². The van der Waals surface area contributed by atoms with Crippen LogP contribution in [0, 0.1) is 0 Å². The molecule has 0 atom stereocenters. The van der Waals surface area contributed by atoms with E-state index in [1.54, 1.807) is 6.92 Å². The Bertz CT molecular complexity index is 683. The number of nitrogens with zero attached hydrogens (tertiary/aromatic N) is 2. The number of carbonyl (C=O) groups excluding carboxylic acids is 1. The summed E-state index contributed by atoms with van der Waals surface area (Å²) in [5.41, 5.74) is 1.11. The van der Waals surface area contributed by atoms with Crippen molar-refractivity contribution in [1.29, 1.82) is 0 Å². The highest BCUT2D eigenvalue weighted by Gasteiger charge is 2.16. The zero-order valence-electron chi connectivity index (χ0n) is 14.4. The van der Waals surface area contributed by atoms with E-state index in [-0.39, 0.29) is 12.4 Å². The van der Waals surface area contributed by atoms with Crippen LogP contribution in [0.5, 0.6) is 5.75 Å². The molecule has 0 radical (unpaired) electrons. The first-order valence-corrected chi connectivity index (χ1v) is 8.98. The molecule has 2 aromatic rings. The van der Waals surface area contributed by atoms with Crippen LogP contribution in [0.4, 0.5) is 11.5 Å². The van der Waals surface area contributed by atoms with Crippen molar-refractivity contribution in [3.05, 3.63) is 36.0 Å². The Kier molecular flexibility index (Phi) is 9.08. The Morgan fingerprint density at radius 3 is 2.56 bits per heavy atom.